The molecule has 0 N–H and O–H groups in total. The number of hydrogen-bond acceptors (Lipinski definition) is 5. The number of nitriles is 3. The summed E-state index contributed by atoms with van der Waals surface area (Å²) >= 11 is 0. The van der Waals surface area contributed by atoms with Gasteiger partial charge in [0, 0.05) is 0 Å². The standard InChI is InChI=1S/C6HN5/c7-1-4-5(2-8)11-6(3-9)10-4/h6H. The van der Waals surface area contributed by atoms with Crippen LogP contribution in [-0.2, 0) is 0 Å². The fraction of sp³-hybridized carbons (Fsp3) is 0.167. The third-order valence-corrected chi connectivity index (χ3v) is 1.05. The minimum absolute atomic E-state index is 0.0564. The van der Waals surface area contributed by atoms with E-state index in [1.54, 1.807) is 18.2 Å². The largest absolute Gasteiger partial charge is 0.230 e. The van der Waals surface area contributed by atoms with Crippen LogP contribution in [-0.4, -0.2) is 17.6 Å². The minimum atomic E-state index is -0.903. The van der Waals surface area contributed by atoms with Crippen LogP contribution in [0.5, 0.6) is 0 Å². The van der Waals surface area contributed by atoms with E-state index in [0.29, 0.717) is 0 Å². The first-order chi connectivity index (χ1) is 5.31. The molecule has 0 unspecified atom stereocenters. The van der Waals surface area contributed by atoms with Crippen molar-refractivity contribution in [2.75, 3.05) is 0 Å². The van der Waals surface area contributed by atoms with Gasteiger partial charge in [-0.05, 0) is 0 Å². The second-order valence-corrected chi connectivity index (χ2v) is 1.68. The highest BCUT2D eigenvalue weighted by molar-refractivity contribution is 6.54. The highest BCUT2D eigenvalue weighted by atomic mass is 15.1. The predicted octanol–water partition coefficient (Wildman–Crippen LogP) is -0.221. The van der Waals surface area contributed by atoms with E-state index in [9.17, 15) is 0 Å². The highest BCUT2D eigenvalue weighted by Crippen LogP contribution is 2.03. The SMILES string of the molecule is N#CC1=NC(C#N)N=C1C#N. The van der Waals surface area contributed by atoms with Crippen molar-refractivity contribution in [1.29, 1.82) is 15.8 Å². The summed E-state index contributed by atoms with van der Waals surface area (Å²) in [4.78, 5) is 7.09. The Hall–Kier alpha value is -2.19. The monoisotopic (exact) mass is 143 g/mol. The Labute approximate surface area is 62.5 Å². The second-order valence-electron chi connectivity index (χ2n) is 1.68. The summed E-state index contributed by atoms with van der Waals surface area (Å²) in [6.07, 6.45) is -0.903. The van der Waals surface area contributed by atoms with Crippen LogP contribution >= 0.6 is 0 Å². The van der Waals surface area contributed by atoms with Crippen LogP contribution in [0.2, 0.25) is 0 Å². The average molecular weight is 143 g/mol. The molecule has 0 aliphatic carbocycles. The van der Waals surface area contributed by atoms with Crippen molar-refractivity contribution >= 4 is 11.4 Å². The Morgan fingerprint density at radius 3 is 1.73 bits per heavy atom. The van der Waals surface area contributed by atoms with E-state index in [-0.39, 0.29) is 11.4 Å². The molecular formula is C6HN5. The lowest BCUT2D eigenvalue weighted by Gasteiger charge is -1.81. The summed E-state index contributed by atoms with van der Waals surface area (Å²) < 4.78 is 0. The van der Waals surface area contributed by atoms with Gasteiger partial charge < -0.3 is 0 Å². The van der Waals surface area contributed by atoms with Gasteiger partial charge in [0.1, 0.15) is 18.2 Å². The zero-order valence-corrected chi connectivity index (χ0v) is 5.31. The van der Waals surface area contributed by atoms with E-state index >= 15 is 0 Å². The molecule has 0 bridgehead atoms. The van der Waals surface area contributed by atoms with Crippen molar-refractivity contribution in [3.63, 3.8) is 0 Å². The molecule has 50 valence electrons. The minimum Gasteiger partial charge on any atom is -0.230 e. The Kier molecular flexibility index (Phi) is 1.63. The molecule has 0 amide bonds. The van der Waals surface area contributed by atoms with Gasteiger partial charge in [0.15, 0.2) is 11.4 Å². The first-order valence-corrected chi connectivity index (χ1v) is 2.67. The maximum atomic E-state index is 8.36. The zero-order valence-electron chi connectivity index (χ0n) is 5.31. The molecule has 5 nitrogen and oxygen atoms in total. The van der Waals surface area contributed by atoms with Gasteiger partial charge >= 0.3 is 0 Å². The van der Waals surface area contributed by atoms with Gasteiger partial charge in [0.05, 0.1) is 0 Å². The Bertz CT molecular complexity index is 326. The van der Waals surface area contributed by atoms with Crippen LogP contribution in [0.4, 0.5) is 0 Å². The average Bonchev–Trinajstić information content (AvgIpc) is 2.46. The molecule has 5 heteroatoms. The van der Waals surface area contributed by atoms with Crippen LogP contribution in [0.1, 0.15) is 0 Å². The molecule has 1 aliphatic rings. The topological polar surface area (TPSA) is 96.1 Å². The molecule has 0 aromatic rings. The lowest BCUT2D eigenvalue weighted by molar-refractivity contribution is 0.918. The normalized spacial score (nSPS) is 15.7. The third kappa shape index (κ3) is 1.05. The second kappa shape index (κ2) is 2.60. The first kappa shape index (κ1) is 6.92. The van der Waals surface area contributed by atoms with Gasteiger partial charge in [-0.2, -0.15) is 15.8 Å². The molecule has 0 spiro atoms. The van der Waals surface area contributed by atoms with E-state index in [1.165, 1.54) is 0 Å². The molecule has 0 aromatic carbocycles. The van der Waals surface area contributed by atoms with Crippen molar-refractivity contribution in [3.8, 4) is 18.2 Å². The maximum absolute atomic E-state index is 8.36. The van der Waals surface area contributed by atoms with E-state index in [1.807, 2.05) is 0 Å². The predicted molar refractivity (Wildman–Crippen MR) is 35.5 cm³/mol. The van der Waals surface area contributed by atoms with E-state index in [4.69, 9.17) is 15.8 Å². The molecule has 0 radical (unpaired) electrons. The lowest BCUT2D eigenvalue weighted by atomic mass is 10.3. The first-order valence-electron chi connectivity index (χ1n) is 2.67. The molecule has 1 heterocycles. The maximum Gasteiger partial charge on any atom is 0.229 e. The highest BCUT2D eigenvalue weighted by Gasteiger charge is 2.19. The van der Waals surface area contributed by atoms with Crippen molar-refractivity contribution < 1.29 is 0 Å². The van der Waals surface area contributed by atoms with Crippen molar-refractivity contribution in [3.05, 3.63) is 0 Å². The molecular weight excluding hydrogens is 142 g/mol. The third-order valence-electron chi connectivity index (χ3n) is 1.05. The summed E-state index contributed by atoms with van der Waals surface area (Å²) in [6.45, 7) is 0. The van der Waals surface area contributed by atoms with Crippen molar-refractivity contribution in [2.45, 2.75) is 6.17 Å². The van der Waals surface area contributed by atoms with Crippen molar-refractivity contribution in [2.24, 2.45) is 9.98 Å². The summed E-state index contributed by atoms with van der Waals surface area (Å²) in [6, 6.07) is 5.06. The lowest BCUT2D eigenvalue weighted by Crippen LogP contribution is -2.04. The van der Waals surface area contributed by atoms with Crippen LogP contribution in [0.15, 0.2) is 9.98 Å². The molecule has 0 atom stereocenters. The van der Waals surface area contributed by atoms with Gasteiger partial charge in [-0.1, -0.05) is 0 Å². The molecule has 0 saturated carbocycles. The molecule has 11 heavy (non-hydrogen) atoms. The number of aliphatic imine (C=N–C) groups is 2. The molecule has 0 aromatic heterocycles. The smallest absolute Gasteiger partial charge is 0.229 e. The summed E-state index contributed by atoms with van der Waals surface area (Å²) in [5.41, 5.74) is -0.113. The van der Waals surface area contributed by atoms with Gasteiger partial charge in [-0.3, -0.25) is 0 Å². The van der Waals surface area contributed by atoms with Gasteiger partial charge in [0.2, 0.25) is 6.17 Å². The zero-order chi connectivity index (χ0) is 8.27. The van der Waals surface area contributed by atoms with Crippen LogP contribution in [0, 0.1) is 34.0 Å². The van der Waals surface area contributed by atoms with Gasteiger partial charge in [-0.25, -0.2) is 9.98 Å². The van der Waals surface area contributed by atoms with Gasteiger partial charge in [0.25, 0.3) is 0 Å². The van der Waals surface area contributed by atoms with E-state index in [0.717, 1.165) is 0 Å². The van der Waals surface area contributed by atoms with Crippen LogP contribution in [0.25, 0.3) is 0 Å². The number of rotatable bonds is 0. The quantitative estimate of drug-likeness (QED) is 0.468. The molecule has 1 aliphatic heterocycles. The Balaban J connectivity index is 3.05. The number of hydrogen-bond donors (Lipinski definition) is 0. The fourth-order valence-electron chi connectivity index (χ4n) is 0.617. The van der Waals surface area contributed by atoms with Crippen LogP contribution < -0.4 is 0 Å². The van der Waals surface area contributed by atoms with Crippen molar-refractivity contribution in [1.82, 2.24) is 0 Å². The Morgan fingerprint density at radius 1 is 1.00 bits per heavy atom. The van der Waals surface area contributed by atoms with E-state index < -0.39 is 6.17 Å². The summed E-state index contributed by atoms with van der Waals surface area (Å²) in [5, 5.41) is 25.0. The molecule has 1 rings (SSSR count). The Morgan fingerprint density at radius 2 is 1.45 bits per heavy atom. The van der Waals surface area contributed by atoms with E-state index in [2.05, 4.69) is 9.98 Å². The summed E-state index contributed by atoms with van der Waals surface area (Å²) in [7, 11) is 0. The molecule has 0 fully saturated rings. The van der Waals surface area contributed by atoms with Gasteiger partial charge in [-0.15, -0.1) is 0 Å². The van der Waals surface area contributed by atoms with Crippen LogP contribution in [0.3, 0.4) is 0 Å². The summed E-state index contributed by atoms with van der Waals surface area (Å²) in [5.74, 6) is 0. The molecule has 0 saturated heterocycles. The fourth-order valence-corrected chi connectivity index (χ4v) is 0.617. The number of nitrogens with zero attached hydrogens (tertiary/aromatic N) is 5.